The molecule has 0 unspecified atom stereocenters. The summed E-state index contributed by atoms with van der Waals surface area (Å²) in [4.78, 5) is 4.86. The molecule has 1 heterocycles. The minimum atomic E-state index is 0.989. The first kappa shape index (κ1) is 12.8. The van der Waals surface area contributed by atoms with E-state index >= 15 is 0 Å². The fourth-order valence-electron chi connectivity index (χ4n) is 2.90. The van der Waals surface area contributed by atoms with Crippen LogP contribution in [0.15, 0.2) is 79.0 Å². The van der Waals surface area contributed by atoms with Crippen molar-refractivity contribution in [2.75, 3.05) is 0 Å². The summed E-state index contributed by atoms with van der Waals surface area (Å²) in [6, 6.07) is 25.1. The summed E-state index contributed by atoms with van der Waals surface area (Å²) in [6.45, 7) is 0. The third-order valence-electron chi connectivity index (χ3n) is 3.97. The third-order valence-corrected chi connectivity index (χ3v) is 3.97. The minimum Gasteiger partial charge on any atom is -0.333 e. The van der Waals surface area contributed by atoms with Gasteiger partial charge in [0.05, 0.1) is 5.69 Å². The van der Waals surface area contributed by atoms with E-state index < -0.39 is 0 Å². The lowest BCUT2D eigenvalue weighted by molar-refractivity contribution is 0.925. The molecule has 0 radical (unpaired) electrons. The van der Waals surface area contributed by atoms with Crippen LogP contribution >= 0.6 is 0 Å². The SMILES string of the molecule is Cn1cc(-c2cccc3ccccc23)nc1-c1ccccc1. The molecule has 2 nitrogen and oxygen atoms in total. The largest absolute Gasteiger partial charge is 0.333 e. The van der Waals surface area contributed by atoms with E-state index in [2.05, 4.69) is 65.4 Å². The fourth-order valence-corrected chi connectivity index (χ4v) is 2.90. The van der Waals surface area contributed by atoms with Crippen molar-refractivity contribution in [1.29, 1.82) is 0 Å². The molecule has 106 valence electrons. The molecule has 0 bridgehead atoms. The van der Waals surface area contributed by atoms with Gasteiger partial charge in [-0.25, -0.2) is 4.98 Å². The second kappa shape index (κ2) is 5.15. The Hall–Kier alpha value is -2.87. The number of fused-ring (bicyclic) bond motifs is 1. The molecular formula is C20H16N2. The van der Waals surface area contributed by atoms with E-state index in [0.717, 1.165) is 17.1 Å². The molecule has 4 rings (SSSR count). The smallest absolute Gasteiger partial charge is 0.140 e. The molecular weight excluding hydrogens is 268 g/mol. The van der Waals surface area contributed by atoms with Crippen LogP contribution in [-0.4, -0.2) is 9.55 Å². The van der Waals surface area contributed by atoms with Crippen LogP contribution in [0, 0.1) is 0 Å². The Kier molecular flexibility index (Phi) is 3.01. The Morgan fingerprint density at radius 3 is 2.36 bits per heavy atom. The number of nitrogens with zero attached hydrogens (tertiary/aromatic N) is 2. The summed E-state index contributed by atoms with van der Waals surface area (Å²) in [5, 5.41) is 2.48. The monoisotopic (exact) mass is 284 g/mol. The van der Waals surface area contributed by atoms with Gasteiger partial charge in [-0.05, 0) is 10.8 Å². The van der Waals surface area contributed by atoms with Gasteiger partial charge in [-0.15, -0.1) is 0 Å². The van der Waals surface area contributed by atoms with Crippen LogP contribution in [0.2, 0.25) is 0 Å². The van der Waals surface area contributed by atoms with Crippen molar-refractivity contribution in [1.82, 2.24) is 9.55 Å². The Bertz CT molecular complexity index is 931. The Labute approximate surface area is 129 Å². The highest BCUT2D eigenvalue weighted by molar-refractivity contribution is 5.95. The summed E-state index contributed by atoms with van der Waals surface area (Å²) in [6.07, 6.45) is 2.10. The van der Waals surface area contributed by atoms with Crippen LogP contribution in [0.4, 0.5) is 0 Å². The molecule has 0 saturated heterocycles. The van der Waals surface area contributed by atoms with Crippen LogP contribution in [0.3, 0.4) is 0 Å². The molecule has 0 aliphatic rings. The van der Waals surface area contributed by atoms with Gasteiger partial charge in [-0.3, -0.25) is 0 Å². The zero-order valence-electron chi connectivity index (χ0n) is 12.4. The van der Waals surface area contributed by atoms with Gasteiger partial charge < -0.3 is 4.57 Å². The van der Waals surface area contributed by atoms with E-state index in [1.54, 1.807) is 0 Å². The third kappa shape index (κ3) is 2.09. The minimum absolute atomic E-state index is 0.989. The molecule has 0 fully saturated rings. The van der Waals surface area contributed by atoms with E-state index in [4.69, 9.17) is 4.98 Å². The summed E-state index contributed by atoms with van der Waals surface area (Å²) < 4.78 is 2.09. The number of rotatable bonds is 2. The van der Waals surface area contributed by atoms with Gasteiger partial charge in [-0.2, -0.15) is 0 Å². The average Bonchev–Trinajstić information content (AvgIpc) is 2.97. The van der Waals surface area contributed by atoms with E-state index in [1.165, 1.54) is 16.3 Å². The molecule has 3 aromatic carbocycles. The molecule has 4 aromatic rings. The topological polar surface area (TPSA) is 17.8 Å². The first-order valence-electron chi connectivity index (χ1n) is 7.40. The zero-order chi connectivity index (χ0) is 14.9. The predicted molar refractivity (Wildman–Crippen MR) is 91.6 cm³/mol. The van der Waals surface area contributed by atoms with Crippen LogP contribution < -0.4 is 0 Å². The molecule has 0 aliphatic heterocycles. The van der Waals surface area contributed by atoms with E-state index in [0.29, 0.717) is 0 Å². The van der Waals surface area contributed by atoms with Gasteiger partial charge in [0, 0.05) is 24.4 Å². The number of hydrogen-bond donors (Lipinski definition) is 0. The highest BCUT2D eigenvalue weighted by Crippen LogP contribution is 2.29. The summed E-state index contributed by atoms with van der Waals surface area (Å²) in [5.74, 6) is 0.989. The summed E-state index contributed by atoms with van der Waals surface area (Å²) >= 11 is 0. The van der Waals surface area contributed by atoms with Crippen molar-refractivity contribution in [2.24, 2.45) is 7.05 Å². The normalized spacial score (nSPS) is 11.0. The van der Waals surface area contributed by atoms with E-state index in [9.17, 15) is 0 Å². The Balaban J connectivity index is 1.90. The lowest BCUT2D eigenvalue weighted by Gasteiger charge is -2.03. The van der Waals surface area contributed by atoms with Crippen LogP contribution in [0.25, 0.3) is 33.4 Å². The van der Waals surface area contributed by atoms with Gasteiger partial charge in [-0.1, -0.05) is 72.8 Å². The summed E-state index contributed by atoms with van der Waals surface area (Å²) in [7, 11) is 2.05. The Morgan fingerprint density at radius 1 is 0.773 bits per heavy atom. The maximum atomic E-state index is 4.86. The first-order chi connectivity index (χ1) is 10.8. The van der Waals surface area contributed by atoms with Crippen molar-refractivity contribution in [3.8, 4) is 22.6 Å². The van der Waals surface area contributed by atoms with Crippen LogP contribution in [0.1, 0.15) is 0 Å². The summed E-state index contributed by atoms with van der Waals surface area (Å²) in [5.41, 5.74) is 3.32. The van der Waals surface area contributed by atoms with E-state index in [-0.39, 0.29) is 0 Å². The molecule has 0 saturated carbocycles. The lowest BCUT2D eigenvalue weighted by atomic mass is 10.0. The zero-order valence-corrected chi connectivity index (χ0v) is 12.4. The maximum Gasteiger partial charge on any atom is 0.140 e. The number of imidazole rings is 1. The van der Waals surface area contributed by atoms with Crippen molar-refractivity contribution >= 4 is 10.8 Å². The average molecular weight is 284 g/mol. The van der Waals surface area contributed by atoms with Crippen molar-refractivity contribution in [2.45, 2.75) is 0 Å². The lowest BCUT2D eigenvalue weighted by Crippen LogP contribution is -1.89. The number of hydrogen-bond acceptors (Lipinski definition) is 1. The molecule has 2 heteroatoms. The van der Waals surface area contributed by atoms with Crippen molar-refractivity contribution in [3.05, 3.63) is 79.0 Å². The fraction of sp³-hybridized carbons (Fsp3) is 0.0500. The van der Waals surface area contributed by atoms with Crippen LogP contribution in [0.5, 0.6) is 0 Å². The van der Waals surface area contributed by atoms with Crippen molar-refractivity contribution in [3.63, 3.8) is 0 Å². The Morgan fingerprint density at radius 2 is 1.50 bits per heavy atom. The number of aryl methyl sites for hydroxylation is 1. The second-order valence-electron chi connectivity index (χ2n) is 5.45. The number of benzene rings is 3. The maximum absolute atomic E-state index is 4.86. The molecule has 22 heavy (non-hydrogen) atoms. The van der Waals surface area contributed by atoms with E-state index in [1.807, 2.05) is 25.2 Å². The molecule has 1 aromatic heterocycles. The first-order valence-corrected chi connectivity index (χ1v) is 7.40. The highest BCUT2D eigenvalue weighted by Gasteiger charge is 2.11. The standard InChI is InChI=1S/C20H16N2/c1-22-14-19(21-20(22)16-9-3-2-4-10-16)18-13-7-11-15-8-5-6-12-17(15)18/h2-14H,1H3. The second-order valence-corrected chi connectivity index (χ2v) is 5.45. The van der Waals surface area contributed by atoms with Gasteiger partial charge in [0.1, 0.15) is 5.82 Å². The molecule has 0 amide bonds. The number of aromatic nitrogens is 2. The van der Waals surface area contributed by atoms with Gasteiger partial charge in [0.25, 0.3) is 0 Å². The quantitative estimate of drug-likeness (QED) is 0.511. The van der Waals surface area contributed by atoms with Gasteiger partial charge in [0.2, 0.25) is 0 Å². The molecule has 0 aliphatic carbocycles. The molecule has 0 atom stereocenters. The van der Waals surface area contributed by atoms with Crippen molar-refractivity contribution < 1.29 is 0 Å². The van der Waals surface area contributed by atoms with Gasteiger partial charge in [0.15, 0.2) is 0 Å². The molecule has 0 spiro atoms. The van der Waals surface area contributed by atoms with Gasteiger partial charge >= 0.3 is 0 Å². The molecule has 0 N–H and O–H groups in total. The predicted octanol–water partition coefficient (Wildman–Crippen LogP) is 4.91. The van der Waals surface area contributed by atoms with Crippen LogP contribution in [-0.2, 0) is 7.05 Å². The highest BCUT2D eigenvalue weighted by atomic mass is 15.0.